The van der Waals surface area contributed by atoms with Gasteiger partial charge in [0.15, 0.2) is 40.5 Å². The van der Waals surface area contributed by atoms with E-state index in [-0.39, 0.29) is 0 Å². The van der Waals surface area contributed by atoms with Crippen LogP contribution in [0, 0.1) is 0 Å². The van der Waals surface area contributed by atoms with Crippen molar-refractivity contribution < 1.29 is 4.42 Å². The quantitative estimate of drug-likeness (QED) is 0.142. The lowest BCUT2D eigenvalue weighted by Crippen LogP contribution is -2.02. The van der Waals surface area contributed by atoms with Crippen LogP contribution < -0.4 is 0 Å². The molecule has 0 fully saturated rings. The van der Waals surface area contributed by atoms with Crippen LogP contribution in [0.25, 0.3) is 113 Å². The van der Waals surface area contributed by atoms with Crippen LogP contribution >= 0.6 is 0 Å². The molecule has 0 atom stereocenters. The molecular weight excluding hydrogens is 775 g/mol. The fourth-order valence-electron chi connectivity index (χ4n) is 7.75. The van der Waals surface area contributed by atoms with Crippen molar-refractivity contribution in [2.45, 2.75) is 0 Å². The molecule has 3 aromatic heterocycles. The molecule has 0 aliphatic carbocycles. The third kappa shape index (κ3) is 7.53. The molecule has 0 radical (unpaired) electrons. The minimum absolute atomic E-state index is 0.539. The summed E-state index contributed by atoms with van der Waals surface area (Å²) in [6, 6.07) is 70.8. The fraction of sp³-hybridized carbons (Fsp3) is 0. The Bertz CT molecular complexity index is 3250. The zero-order valence-corrected chi connectivity index (χ0v) is 33.7. The predicted molar refractivity (Wildman–Crippen MR) is 250 cm³/mol. The van der Waals surface area contributed by atoms with Crippen LogP contribution in [0.5, 0.6) is 0 Å². The van der Waals surface area contributed by atoms with E-state index in [1.54, 1.807) is 0 Å². The summed E-state index contributed by atoms with van der Waals surface area (Å²) in [6.07, 6.45) is 0. The van der Waals surface area contributed by atoms with Gasteiger partial charge in [0.25, 0.3) is 0 Å². The SMILES string of the molecule is c1ccc(-c2nc(-c3ccccc3)nc(-c3ccccc3-c3ccc(-c4nc(-c5ccccc5)nc(-c5ccccc5)n4)c(-c4cccc(-c5nc6ccccc6o5)c4)c3)n2)cc1. The Hall–Kier alpha value is -8.75. The van der Waals surface area contributed by atoms with Gasteiger partial charge in [0.1, 0.15) is 5.52 Å². The van der Waals surface area contributed by atoms with Crippen molar-refractivity contribution in [1.82, 2.24) is 34.9 Å². The standard InChI is InChI=1S/C55H35N7O/c1-5-18-36(19-6-1)49-57-50(37-20-7-2-8-21-37)60-53(59-49)44-29-14-13-28-43(44)41-32-33-45(46(35-41)40-26-17-27-42(34-40)55-56-47-30-15-16-31-48(47)63-55)54-61-51(38-22-9-3-10-23-38)58-52(62-54)39-24-11-4-12-25-39/h1-35H. The van der Waals surface area contributed by atoms with Crippen molar-refractivity contribution in [3.05, 3.63) is 212 Å². The highest BCUT2D eigenvalue weighted by molar-refractivity contribution is 5.90. The maximum atomic E-state index is 6.27. The average Bonchev–Trinajstić information content (AvgIpc) is 3.82. The molecule has 63 heavy (non-hydrogen) atoms. The molecule has 0 amide bonds. The van der Waals surface area contributed by atoms with E-state index in [9.17, 15) is 0 Å². The number of para-hydroxylation sites is 2. The second kappa shape index (κ2) is 16.4. The van der Waals surface area contributed by atoms with Gasteiger partial charge in [-0.05, 0) is 58.7 Å². The lowest BCUT2D eigenvalue weighted by molar-refractivity contribution is 0.620. The van der Waals surface area contributed by atoms with Gasteiger partial charge in [-0.1, -0.05) is 176 Å². The van der Waals surface area contributed by atoms with Gasteiger partial charge in [0.05, 0.1) is 0 Å². The first-order chi connectivity index (χ1) is 31.2. The molecule has 0 bridgehead atoms. The van der Waals surface area contributed by atoms with Gasteiger partial charge in [-0.15, -0.1) is 0 Å². The minimum atomic E-state index is 0.539. The average molecular weight is 810 g/mol. The Morgan fingerprint density at radius 3 is 1.16 bits per heavy atom. The molecule has 0 aliphatic heterocycles. The summed E-state index contributed by atoms with van der Waals surface area (Å²) >= 11 is 0. The maximum Gasteiger partial charge on any atom is 0.227 e. The smallest absolute Gasteiger partial charge is 0.227 e. The molecule has 3 heterocycles. The molecule has 8 aromatic carbocycles. The van der Waals surface area contributed by atoms with Crippen molar-refractivity contribution in [3.8, 4) is 102 Å². The van der Waals surface area contributed by atoms with Crippen molar-refractivity contribution >= 4 is 11.1 Å². The summed E-state index contributed by atoms with van der Waals surface area (Å²) in [5, 5.41) is 0. The van der Waals surface area contributed by atoms with Crippen LogP contribution in [0.4, 0.5) is 0 Å². The van der Waals surface area contributed by atoms with Crippen LogP contribution in [0.1, 0.15) is 0 Å². The molecule has 0 N–H and O–H groups in total. The van der Waals surface area contributed by atoms with Crippen LogP contribution in [-0.2, 0) is 0 Å². The second-order valence-electron chi connectivity index (χ2n) is 15.0. The van der Waals surface area contributed by atoms with Crippen LogP contribution in [0.2, 0.25) is 0 Å². The van der Waals surface area contributed by atoms with E-state index >= 15 is 0 Å². The maximum absolute atomic E-state index is 6.27. The van der Waals surface area contributed by atoms with Gasteiger partial charge < -0.3 is 4.42 Å². The van der Waals surface area contributed by atoms with Gasteiger partial charge >= 0.3 is 0 Å². The van der Waals surface area contributed by atoms with Gasteiger partial charge in [0, 0.05) is 38.9 Å². The van der Waals surface area contributed by atoms with Gasteiger partial charge in [0.2, 0.25) is 5.89 Å². The molecule has 0 spiro atoms. The van der Waals surface area contributed by atoms with Crippen molar-refractivity contribution in [3.63, 3.8) is 0 Å². The van der Waals surface area contributed by atoms with Crippen LogP contribution in [0.15, 0.2) is 217 Å². The Labute approximate surface area is 363 Å². The van der Waals surface area contributed by atoms with E-state index in [0.717, 1.165) is 72.3 Å². The number of hydrogen-bond donors (Lipinski definition) is 0. The summed E-state index contributed by atoms with van der Waals surface area (Å²) in [6.45, 7) is 0. The molecule has 0 saturated heterocycles. The highest BCUT2D eigenvalue weighted by Crippen LogP contribution is 2.40. The zero-order valence-electron chi connectivity index (χ0n) is 33.7. The van der Waals surface area contributed by atoms with Crippen LogP contribution in [-0.4, -0.2) is 34.9 Å². The summed E-state index contributed by atoms with van der Waals surface area (Å²) < 4.78 is 6.27. The number of aromatic nitrogens is 7. The Morgan fingerprint density at radius 1 is 0.238 bits per heavy atom. The molecule has 8 nitrogen and oxygen atoms in total. The van der Waals surface area contributed by atoms with Gasteiger partial charge in [-0.25, -0.2) is 34.9 Å². The topological polar surface area (TPSA) is 103 Å². The van der Waals surface area contributed by atoms with Crippen molar-refractivity contribution in [2.24, 2.45) is 0 Å². The van der Waals surface area contributed by atoms with Crippen molar-refractivity contribution in [2.75, 3.05) is 0 Å². The van der Waals surface area contributed by atoms with Crippen molar-refractivity contribution in [1.29, 1.82) is 0 Å². The highest BCUT2D eigenvalue weighted by atomic mass is 16.3. The first-order valence-corrected chi connectivity index (χ1v) is 20.6. The van der Waals surface area contributed by atoms with Gasteiger partial charge in [-0.2, -0.15) is 0 Å². The number of benzene rings is 8. The third-order valence-electron chi connectivity index (χ3n) is 10.9. The van der Waals surface area contributed by atoms with E-state index < -0.39 is 0 Å². The summed E-state index contributed by atoms with van der Waals surface area (Å²) in [7, 11) is 0. The van der Waals surface area contributed by atoms with E-state index in [4.69, 9.17) is 39.3 Å². The second-order valence-corrected chi connectivity index (χ2v) is 15.0. The highest BCUT2D eigenvalue weighted by Gasteiger charge is 2.20. The Balaban J connectivity index is 1.12. The number of fused-ring (bicyclic) bond motifs is 1. The summed E-state index contributed by atoms with van der Waals surface area (Å²) in [5.74, 6) is 4.01. The third-order valence-corrected chi connectivity index (χ3v) is 10.9. The molecule has 0 aliphatic rings. The lowest BCUT2D eigenvalue weighted by Gasteiger charge is -2.16. The largest absolute Gasteiger partial charge is 0.436 e. The molecule has 296 valence electrons. The molecule has 11 rings (SSSR count). The number of hydrogen-bond acceptors (Lipinski definition) is 8. The predicted octanol–water partition coefficient (Wildman–Crippen LogP) is 13.2. The normalized spacial score (nSPS) is 11.2. The van der Waals surface area contributed by atoms with Gasteiger partial charge in [-0.3, -0.25) is 0 Å². The lowest BCUT2D eigenvalue weighted by atomic mass is 9.91. The Kier molecular flexibility index (Phi) is 9.68. The van der Waals surface area contributed by atoms with E-state index in [1.807, 2.05) is 170 Å². The van der Waals surface area contributed by atoms with Crippen LogP contribution in [0.3, 0.4) is 0 Å². The molecule has 8 heteroatoms. The van der Waals surface area contributed by atoms with E-state index in [0.29, 0.717) is 40.8 Å². The fourth-order valence-corrected chi connectivity index (χ4v) is 7.75. The number of nitrogens with zero attached hydrogens (tertiary/aromatic N) is 7. The van der Waals surface area contributed by atoms with E-state index in [1.165, 1.54) is 0 Å². The molecule has 0 unspecified atom stereocenters. The zero-order chi connectivity index (χ0) is 42.0. The monoisotopic (exact) mass is 809 g/mol. The molecule has 0 saturated carbocycles. The van der Waals surface area contributed by atoms with E-state index in [2.05, 4.69) is 42.5 Å². The summed E-state index contributed by atoms with van der Waals surface area (Å²) in [5.41, 5.74) is 11.4. The first kappa shape index (κ1) is 37.3. The Morgan fingerprint density at radius 2 is 0.635 bits per heavy atom. The summed E-state index contributed by atoms with van der Waals surface area (Å²) in [4.78, 5) is 35.3. The first-order valence-electron chi connectivity index (χ1n) is 20.6. The number of oxazole rings is 1. The minimum Gasteiger partial charge on any atom is -0.436 e. The molecule has 11 aromatic rings. The number of rotatable bonds is 9. The molecular formula is C55H35N7O.